The molecule has 0 radical (unpaired) electrons. The van der Waals surface area contributed by atoms with Gasteiger partial charge in [0.2, 0.25) is 5.91 Å². The molecule has 1 heterocycles. The highest BCUT2D eigenvalue weighted by Crippen LogP contribution is 2.27. The van der Waals surface area contributed by atoms with Crippen molar-refractivity contribution in [3.05, 3.63) is 30.3 Å². The summed E-state index contributed by atoms with van der Waals surface area (Å²) in [6, 6.07) is 9.51. The first-order chi connectivity index (χ1) is 10.1. The normalized spacial score (nSPS) is 18.3. The largest absolute Gasteiger partial charge is 0.444 e. The lowest BCUT2D eigenvalue weighted by molar-refractivity contribution is -0.124. The van der Waals surface area contributed by atoms with E-state index in [-0.39, 0.29) is 12.5 Å². The predicted octanol–water partition coefficient (Wildman–Crippen LogP) is 3.05. The zero-order chi connectivity index (χ0) is 16.5. The van der Waals surface area contributed by atoms with Crippen molar-refractivity contribution in [1.82, 2.24) is 4.90 Å². The summed E-state index contributed by atoms with van der Waals surface area (Å²) in [5.41, 5.74) is -0.219. The zero-order valence-electron chi connectivity index (χ0n) is 13.9. The second-order valence-electron chi connectivity index (χ2n) is 7.19. The second-order valence-corrected chi connectivity index (χ2v) is 7.19. The number of nitrogens with zero attached hydrogens (tertiary/aromatic N) is 2. The Morgan fingerprint density at radius 3 is 2.32 bits per heavy atom. The number of benzene rings is 1. The van der Waals surface area contributed by atoms with Gasteiger partial charge >= 0.3 is 6.09 Å². The van der Waals surface area contributed by atoms with Crippen molar-refractivity contribution in [3.8, 4) is 0 Å². The standard InChI is InChI=1S/C17H24N2O3/c1-16(2,3)22-15(21)19-11-14(20)18(12-17(19,4)5)13-9-7-6-8-10-13/h6-10H,11-12H2,1-5H3. The van der Waals surface area contributed by atoms with Gasteiger partial charge in [0, 0.05) is 12.2 Å². The van der Waals surface area contributed by atoms with Gasteiger partial charge in [-0.2, -0.15) is 0 Å². The maximum absolute atomic E-state index is 12.4. The lowest BCUT2D eigenvalue weighted by Gasteiger charge is -2.46. The highest BCUT2D eigenvalue weighted by molar-refractivity contribution is 5.97. The first-order valence-electron chi connectivity index (χ1n) is 7.46. The van der Waals surface area contributed by atoms with Crippen LogP contribution in [0.25, 0.3) is 0 Å². The third-order valence-corrected chi connectivity index (χ3v) is 3.55. The second kappa shape index (κ2) is 5.63. The van der Waals surface area contributed by atoms with Crippen LogP contribution in [0.2, 0.25) is 0 Å². The third-order valence-electron chi connectivity index (χ3n) is 3.55. The maximum Gasteiger partial charge on any atom is 0.411 e. The molecule has 0 bridgehead atoms. The van der Waals surface area contributed by atoms with Crippen LogP contribution in [-0.2, 0) is 9.53 Å². The number of rotatable bonds is 1. The molecule has 1 aliphatic heterocycles. The Kier molecular flexibility index (Phi) is 4.18. The van der Waals surface area contributed by atoms with E-state index in [1.54, 1.807) is 4.90 Å². The third kappa shape index (κ3) is 3.59. The summed E-state index contributed by atoms with van der Waals surface area (Å²) in [5, 5.41) is 0. The van der Waals surface area contributed by atoms with Gasteiger partial charge in [0.05, 0.1) is 5.54 Å². The van der Waals surface area contributed by atoms with Gasteiger partial charge in [-0.3, -0.25) is 9.69 Å². The van der Waals surface area contributed by atoms with Gasteiger partial charge in [-0.05, 0) is 46.8 Å². The molecule has 0 saturated carbocycles. The lowest BCUT2D eigenvalue weighted by Crippen LogP contribution is -2.64. The first kappa shape index (κ1) is 16.3. The lowest BCUT2D eigenvalue weighted by atomic mass is 9.98. The van der Waals surface area contributed by atoms with Crippen molar-refractivity contribution < 1.29 is 14.3 Å². The first-order valence-corrected chi connectivity index (χ1v) is 7.46. The molecule has 0 unspecified atom stereocenters. The van der Waals surface area contributed by atoms with Crippen molar-refractivity contribution in [1.29, 1.82) is 0 Å². The summed E-state index contributed by atoms with van der Waals surface area (Å²) in [7, 11) is 0. The minimum absolute atomic E-state index is 0.0246. The Morgan fingerprint density at radius 1 is 1.18 bits per heavy atom. The molecule has 1 aliphatic rings. The van der Waals surface area contributed by atoms with Crippen molar-refractivity contribution in [2.75, 3.05) is 18.0 Å². The molecule has 1 aromatic rings. The highest BCUT2D eigenvalue weighted by Gasteiger charge is 2.42. The number of carbonyl (C=O) groups excluding carboxylic acids is 2. The molecular weight excluding hydrogens is 280 g/mol. The fourth-order valence-electron chi connectivity index (χ4n) is 2.47. The topological polar surface area (TPSA) is 49.9 Å². The van der Waals surface area contributed by atoms with Gasteiger partial charge in [0.1, 0.15) is 12.1 Å². The van der Waals surface area contributed by atoms with Gasteiger partial charge in [0.15, 0.2) is 0 Å². The van der Waals surface area contributed by atoms with Crippen molar-refractivity contribution >= 4 is 17.7 Å². The molecule has 5 nitrogen and oxygen atoms in total. The molecule has 0 aliphatic carbocycles. The summed E-state index contributed by atoms with van der Waals surface area (Å²) < 4.78 is 5.42. The summed E-state index contributed by atoms with van der Waals surface area (Å²) in [6.45, 7) is 9.81. The van der Waals surface area contributed by atoms with Crippen LogP contribution in [0.3, 0.4) is 0 Å². The smallest absolute Gasteiger partial charge is 0.411 e. The van der Waals surface area contributed by atoms with Crippen molar-refractivity contribution in [2.45, 2.75) is 45.8 Å². The Labute approximate surface area is 131 Å². The van der Waals surface area contributed by atoms with Crippen LogP contribution in [-0.4, -0.2) is 41.1 Å². The van der Waals surface area contributed by atoms with Gasteiger partial charge in [0.25, 0.3) is 0 Å². The number of hydrogen-bond donors (Lipinski definition) is 0. The quantitative estimate of drug-likeness (QED) is 0.801. The van der Waals surface area contributed by atoms with Crippen LogP contribution in [0, 0.1) is 0 Å². The van der Waals surface area contributed by atoms with Crippen LogP contribution in [0.5, 0.6) is 0 Å². The van der Waals surface area contributed by atoms with E-state index in [0.717, 1.165) is 5.69 Å². The molecule has 2 rings (SSSR count). The van der Waals surface area contributed by atoms with E-state index in [1.165, 1.54) is 4.90 Å². The van der Waals surface area contributed by atoms with E-state index in [2.05, 4.69) is 0 Å². The maximum atomic E-state index is 12.4. The monoisotopic (exact) mass is 304 g/mol. The molecule has 0 atom stereocenters. The Hall–Kier alpha value is -2.04. The highest BCUT2D eigenvalue weighted by atomic mass is 16.6. The van der Waals surface area contributed by atoms with Crippen LogP contribution < -0.4 is 4.90 Å². The molecule has 5 heteroatoms. The Bertz CT molecular complexity index is 561. The number of anilines is 1. The van der Waals surface area contributed by atoms with Gasteiger partial charge in [-0.25, -0.2) is 4.79 Å². The summed E-state index contributed by atoms with van der Waals surface area (Å²) in [6.07, 6.45) is -0.446. The molecule has 120 valence electrons. The van der Waals surface area contributed by atoms with Gasteiger partial charge in [-0.1, -0.05) is 18.2 Å². The summed E-state index contributed by atoms with van der Waals surface area (Å²) in [4.78, 5) is 28.0. The van der Waals surface area contributed by atoms with E-state index in [0.29, 0.717) is 6.54 Å². The SMILES string of the molecule is CC(C)(C)OC(=O)N1CC(=O)N(c2ccccc2)CC1(C)C. The number of ether oxygens (including phenoxy) is 1. The molecule has 2 amide bonds. The number of para-hydroxylation sites is 1. The van der Waals surface area contributed by atoms with Gasteiger partial charge < -0.3 is 9.64 Å². The molecule has 0 aromatic heterocycles. The zero-order valence-corrected chi connectivity index (χ0v) is 13.9. The number of hydrogen-bond acceptors (Lipinski definition) is 3. The van der Waals surface area contributed by atoms with Gasteiger partial charge in [-0.15, -0.1) is 0 Å². The molecule has 22 heavy (non-hydrogen) atoms. The van der Waals surface area contributed by atoms with Crippen molar-refractivity contribution in [3.63, 3.8) is 0 Å². The Morgan fingerprint density at radius 2 is 1.77 bits per heavy atom. The fraction of sp³-hybridized carbons (Fsp3) is 0.529. The summed E-state index contributed by atoms with van der Waals surface area (Å²) >= 11 is 0. The minimum Gasteiger partial charge on any atom is -0.444 e. The van der Waals surface area contributed by atoms with E-state index < -0.39 is 17.2 Å². The Balaban J connectivity index is 2.19. The van der Waals surface area contributed by atoms with E-state index in [1.807, 2.05) is 65.0 Å². The minimum atomic E-state index is -0.577. The van der Waals surface area contributed by atoms with Crippen LogP contribution in [0.4, 0.5) is 10.5 Å². The molecular formula is C17H24N2O3. The average molecular weight is 304 g/mol. The number of carbonyl (C=O) groups is 2. The van der Waals surface area contributed by atoms with Crippen LogP contribution >= 0.6 is 0 Å². The van der Waals surface area contributed by atoms with E-state index in [9.17, 15) is 9.59 Å². The fourth-order valence-corrected chi connectivity index (χ4v) is 2.47. The molecule has 1 saturated heterocycles. The predicted molar refractivity (Wildman–Crippen MR) is 85.8 cm³/mol. The molecule has 1 fully saturated rings. The number of amides is 2. The van der Waals surface area contributed by atoms with Crippen LogP contribution in [0.15, 0.2) is 30.3 Å². The molecule has 1 aromatic carbocycles. The molecule has 0 N–H and O–H groups in total. The van der Waals surface area contributed by atoms with E-state index >= 15 is 0 Å². The van der Waals surface area contributed by atoms with E-state index in [4.69, 9.17) is 4.74 Å². The average Bonchev–Trinajstić information content (AvgIpc) is 2.40. The summed E-state index contributed by atoms with van der Waals surface area (Å²) in [5.74, 6) is -0.101. The number of piperazine rings is 1. The van der Waals surface area contributed by atoms with Crippen molar-refractivity contribution in [2.24, 2.45) is 0 Å². The molecule has 0 spiro atoms. The van der Waals surface area contributed by atoms with Crippen LogP contribution in [0.1, 0.15) is 34.6 Å².